The second-order valence-electron chi connectivity index (χ2n) is 6.29. The van der Waals surface area contributed by atoms with Crippen molar-refractivity contribution in [3.8, 4) is 11.3 Å². The fourth-order valence-corrected chi connectivity index (χ4v) is 2.99. The lowest BCUT2D eigenvalue weighted by molar-refractivity contribution is 0.0475. The SMILES string of the molecule is O=C(COC(=O)c1cc(-c2ccncc2)nc2ccccc12)c1ccccc1F. The molecule has 6 heteroatoms. The number of aromatic nitrogens is 2. The molecular weight excluding hydrogens is 371 g/mol. The third kappa shape index (κ3) is 3.87. The van der Waals surface area contributed by atoms with Gasteiger partial charge in [-0.25, -0.2) is 14.2 Å². The average molecular weight is 386 g/mol. The highest BCUT2D eigenvalue weighted by atomic mass is 19.1. The molecule has 0 aliphatic rings. The molecule has 0 unspecified atom stereocenters. The van der Waals surface area contributed by atoms with Crippen LogP contribution in [0.5, 0.6) is 0 Å². The highest BCUT2D eigenvalue weighted by Gasteiger charge is 2.18. The molecule has 0 radical (unpaired) electrons. The minimum absolute atomic E-state index is 0.114. The maximum atomic E-state index is 13.8. The number of rotatable bonds is 5. The molecule has 29 heavy (non-hydrogen) atoms. The fourth-order valence-electron chi connectivity index (χ4n) is 2.99. The van der Waals surface area contributed by atoms with Crippen LogP contribution in [0.1, 0.15) is 20.7 Å². The lowest BCUT2D eigenvalue weighted by Crippen LogP contribution is -2.16. The lowest BCUT2D eigenvalue weighted by Gasteiger charge is -2.10. The van der Waals surface area contributed by atoms with Gasteiger partial charge < -0.3 is 4.74 Å². The molecule has 0 spiro atoms. The van der Waals surface area contributed by atoms with Gasteiger partial charge in [0.15, 0.2) is 6.61 Å². The number of ether oxygens (including phenoxy) is 1. The molecule has 2 aromatic carbocycles. The highest BCUT2D eigenvalue weighted by molar-refractivity contribution is 6.06. The van der Waals surface area contributed by atoms with E-state index in [0.717, 1.165) is 5.56 Å². The Kier molecular flexibility index (Phi) is 5.07. The van der Waals surface area contributed by atoms with Crippen molar-refractivity contribution in [3.63, 3.8) is 0 Å². The van der Waals surface area contributed by atoms with Gasteiger partial charge in [0.05, 0.1) is 22.3 Å². The van der Waals surface area contributed by atoms with Crippen molar-refractivity contribution in [1.82, 2.24) is 9.97 Å². The Morgan fingerprint density at radius 1 is 0.897 bits per heavy atom. The van der Waals surface area contributed by atoms with Crippen LogP contribution >= 0.6 is 0 Å². The van der Waals surface area contributed by atoms with E-state index in [9.17, 15) is 14.0 Å². The number of benzene rings is 2. The Bertz CT molecular complexity index is 1210. The number of fused-ring (bicyclic) bond motifs is 1. The van der Waals surface area contributed by atoms with Crippen LogP contribution in [0.2, 0.25) is 0 Å². The van der Waals surface area contributed by atoms with Crippen molar-refractivity contribution < 1.29 is 18.7 Å². The molecule has 0 atom stereocenters. The Labute approximate surface area is 165 Å². The molecule has 4 aromatic rings. The Morgan fingerprint density at radius 2 is 1.62 bits per heavy atom. The molecule has 0 bridgehead atoms. The minimum Gasteiger partial charge on any atom is -0.454 e. The van der Waals surface area contributed by atoms with Crippen molar-refractivity contribution in [3.05, 3.63) is 96.1 Å². The first-order valence-electron chi connectivity index (χ1n) is 8.88. The molecule has 2 aromatic heterocycles. The van der Waals surface area contributed by atoms with Gasteiger partial charge >= 0.3 is 5.97 Å². The summed E-state index contributed by atoms with van der Waals surface area (Å²) in [5.41, 5.74) is 2.16. The topological polar surface area (TPSA) is 69.2 Å². The van der Waals surface area contributed by atoms with Crippen LogP contribution in [0.25, 0.3) is 22.2 Å². The van der Waals surface area contributed by atoms with Gasteiger partial charge in [-0.05, 0) is 36.4 Å². The smallest absolute Gasteiger partial charge is 0.339 e. The molecule has 5 nitrogen and oxygen atoms in total. The van der Waals surface area contributed by atoms with Gasteiger partial charge in [-0.1, -0.05) is 30.3 Å². The molecule has 0 saturated carbocycles. The molecule has 0 amide bonds. The van der Waals surface area contributed by atoms with E-state index in [4.69, 9.17) is 4.74 Å². The predicted molar refractivity (Wildman–Crippen MR) is 106 cm³/mol. The number of Topliss-reactive ketones (excluding diaryl/α,β-unsaturated/α-hetero) is 1. The molecule has 142 valence electrons. The summed E-state index contributed by atoms with van der Waals surface area (Å²) in [5.74, 6) is -1.93. The number of carbonyl (C=O) groups is 2. The van der Waals surface area contributed by atoms with Crippen molar-refractivity contribution in [2.45, 2.75) is 0 Å². The largest absolute Gasteiger partial charge is 0.454 e. The summed E-state index contributed by atoms with van der Waals surface area (Å²) in [6.07, 6.45) is 3.27. The molecule has 0 saturated heterocycles. The third-order valence-electron chi connectivity index (χ3n) is 4.42. The zero-order valence-corrected chi connectivity index (χ0v) is 15.2. The summed E-state index contributed by atoms with van der Waals surface area (Å²) < 4.78 is 19.0. The van der Waals surface area contributed by atoms with Gasteiger partial charge in [0.25, 0.3) is 0 Å². The molecular formula is C23H15FN2O3. The number of carbonyl (C=O) groups excluding carboxylic acids is 2. The number of nitrogens with zero attached hydrogens (tertiary/aromatic N) is 2. The van der Waals surface area contributed by atoms with Gasteiger partial charge in [-0.15, -0.1) is 0 Å². The summed E-state index contributed by atoms with van der Waals surface area (Å²) in [6, 6.07) is 17.9. The first kappa shape index (κ1) is 18.4. The van der Waals surface area contributed by atoms with Crippen LogP contribution in [0.3, 0.4) is 0 Å². The zero-order chi connectivity index (χ0) is 20.2. The van der Waals surface area contributed by atoms with E-state index in [0.29, 0.717) is 16.6 Å². The summed E-state index contributed by atoms with van der Waals surface area (Å²) in [4.78, 5) is 33.6. The predicted octanol–water partition coefficient (Wildman–Crippen LogP) is 4.48. The molecule has 0 fully saturated rings. The van der Waals surface area contributed by atoms with Gasteiger partial charge in [0, 0.05) is 23.3 Å². The maximum absolute atomic E-state index is 13.8. The van der Waals surface area contributed by atoms with Gasteiger partial charge in [-0.3, -0.25) is 9.78 Å². The summed E-state index contributed by atoms with van der Waals surface area (Å²) in [5, 5.41) is 0.605. The maximum Gasteiger partial charge on any atom is 0.339 e. The summed E-state index contributed by atoms with van der Waals surface area (Å²) in [7, 11) is 0. The van der Waals surface area contributed by atoms with E-state index in [1.54, 1.807) is 54.9 Å². The second-order valence-corrected chi connectivity index (χ2v) is 6.29. The number of ketones is 1. The second kappa shape index (κ2) is 7.98. The molecule has 4 rings (SSSR count). The van der Waals surface area contributed by atoms with Gasteiger partial charge in [-0.2, -0.15) is 0 Å². The Balaban J connectivity index is 1.65. The van der Waals surface area contributed by atoms with Crippen LogP contribution in [0, 0.1) is 5.82 Å². The van der Waals surface area contributed by atoms with E-state index >= 15 is 0 Å². The number of para-hydroxylation sites is 1. The minimum atomic E-state index is -0.677. The van der Waals surface area contributed by atoms with Crippen LogP contribution < -0.4 is 0 Å². The molecule has 0 aliphatic heterocycles. The summed E-state index contributed by atoms with van der Waals surface area (Å²) in [6.45, 7) is -0.555. The Hall–Kier alpha value is -3.93. The Morgan fingerprint density at radius 3 is 2.41 bits per heavy atom. The molecule has 0 aliphatic carbocycles. The van der Waals surface area contributed by atoms with E-state index < -0.39 is 24.2 Å². The quantitative estimate of drug-likeness (QED) is 0.374. The first-order chi connectivity index (χ1) is 14.1. The van der Waals surface area contributed by atoms with Crippen LogP contribution in [-0.2, 0) is 4.74 Å². The normalized spacial score (nSPS) is 10.7. The fraction of sp³-hybridized carbons (Fsp3) is 0.0435. The zero-order valence-electron chi connectivity index (χ0n) is 15.2. The summed E-state index contributed by atoms with van der Waals surface area (Å²) >= 11 is 0. The van der Waals surface area contributed by atoms with E-state index in [-0.39, 0.29) is 11.1 Å². The van der Waals surface area contributed by atoms with Crippen LogP contribution in [0.4, 0.5) is 4.39 Å². The first-order valence-corrected chi connectivity index (χ1v) is 8.88. The van der Waals surface area contributed by atoms with Crippen molar-refractivity contribution in [2.75, 3.05) is 6.61 Å². The van der Waals surface area contributed by atoms with Crippen molar-refractivity contribution >= 4 is 22.7 Å². The van der Waals surface area contributed by atoms with Crippen molar-refractivity contribution in [2.24, 2.45) is 0 Å². The average Bonchev–Trinajstić information content (AvgIpc) is 2.77. The van der Waals surface area contributed by atoms with E-state index in [1.807, 2.05) is 6.07 Å². The number of halogens is 1. The van der Waals surface area contributed by atoms with Crippen molar-refractivity contribution in [1.29, 1.82) is 0 Å². The number of pyridine rings is 2. The number of hydrogen-bond donors (Lipinski definition) is 0. The van der Waals surface area contributed by atoms with E-state index in [1.165, 1.54) is 18.2 Å². The monoisotopic (exact) mass is 386 g/mol. The number of esters is 1. The van der Waals surface area contributed by atoms with E-state index in [2.05, 4.69) is 9.97 Å². The lowest BCUT2D eigenvalue weighted by atomic mass is 10.0. The number of hydrogen-bond acceptors (Lipinski definition) is 5. The molecule has 2 heterocycles. The van der Waals surface area contributed by atoms with Gasteiger partial charge in [0.2, 0.25) is 5.78 Å². The van der Waals surface area contributed by atoms with Crippen LogP contribution in [0.15, 0.2) is 79.1 Å². The highest BCUT2D eigenvalue weighted by Crippen LogP contribution is 2.25. The van der Waals surface area contributed by atoms with Crippen LogP contribution in [-0.4, -0.2) is 28.3 Å². The standard InChI is InChI=1S/C23H15FN2O3/c24-19-7-3-1-6-17(19)22(27)14-29-23(28)18-13-21(15-9-11-25-12-10-15)26-20-8-4-2-5-16(18)20/h1-13H,14H2. The molecule has 0 N–H and O–H groups in total. The van der Waals surface area contributed by atoms with Gasteiger partial charge in [0.1, 0.15) is 5.82 Å². The third-order valence-corrected chi connectivity index (χ3v) is 4.42.